The van der Waals surface area contributed by atoms with E-state index >= 15 is 0 Å². The van der Waals surface area contributed by atoms with Crippen molar-refractivity contribution in [1.29, 1.82) is 0 Å². The van der Waals surface area contributed by atoms with Crippen molar-refractivity contribution in [1.82, 2.24) is 14.8 Å². The number of fused-ring (bicyclic) bond motifs is 1. The van der Waals surface area contributed by atoms with Crippen LogP contribution in [0.4, 0.5) is 5.13 Å². The fraction of sp³-hybridized carbons (Fsp3) is 0.733. The molecule has 3 N–H and O–H groups in total. The molecule has 1 fully saturated rings. The lowest BCUT2D eigenvalue weighted by Crippen LogP contribution is -2.59. The maximum absolute atomic E-state index is 12.6. The minimum absolute atomic E-state index is 0.171. The fourth-order valence-corrected chi connectivity index (χ4v) is 4.32. The quantitative estimate of drug-likeness (QED) is 0.789. The molecule has 3 rings (SSSR count). The number of β-amino-alcohol motifs (C(OH)–C–C–N with tert-alkyl or cyclic N) is 1. The van der Waals surface area contributed by atoms with Gasteiger partial charge in [0.1, 0.15) is 0 Å². The lowest BCUT2D eigenvalue weighted by Gasteiger charge is -2.41. The van der Waals surface area contributed by atoms with Crippen molar-refractivity contribution in [2.24, 2.45) is 0 Å². The predicted molar refractivity (Wildman–Crippen MR) is 88.1 cm³/mol. The largest absolute Gasteiger partial charge is 0.383 e. The minimum atomic E-state index is -1.29. The number of nitrogen functional groups attached to an aromatic ring is 1. The number of aromatic nitrogens is 1. The molecule has 0 aromatic carbocycles. The third-order valence-electron chi connectivity index (χ3n) is 4.58. The van der Waals surface area contributed by atoms with Gasteiger partial charge in [0.2, 0.25) is 0 Å². The third-order valence-corrected chi connectivity index (χ3v) is 5.49. The van der Waals surface area contributed by atoms with Crippen LogP contribution in [0.3, 0.4) is 0 Å². The Hall–Kier alpha value is -1.22. The Bertz CT molecular complexity index is 579. The van der Waals surface area contributed by atoms with E-state index in [0.717, 1.165) is 30.0 Å². The monoisotopic (exact) mass is 340 g/mol. The number of ether oxygens (including phenoxy) is 1. The number of piperidine rings is 1. The van der Waals surface area contributed by atoms with Crippen LogP contribution in [0.1, 0.15) is 23.4 Å². The predicted octanol–water partition coefficient (Wildman–Crippen LogP) is 0.0833. The first-order valence-electron chi connectivity index (χ1n) is 7.99. The van der Waals surface area contributed by atoms with E-state index in [2.05, 4.69) is 9.88 Å². The van der Waals surface area contributed by atoms with E-state index < -0.39 is 5.60 Å². The second-order valence-electron chi connectivity index (χ2n) is 6.30. The van der Waals surface area contributed by atoms with Crippen LogP contribution in [-0.4, -0.2) is 71.3 Å². The van der Waals surface area contributed by atoms with Crippen LogP contribution in [-0.2, 0) is 22.5 Å². The highest BCUT2D eigenvalue weighted by atomic mass is 32.1. The summed E-state index contributed by atoms with van der Waals surface area (Å²) in [6.07, 6.45) is 2.16. The molecule has 1 aromatic heterocycles. The van der Waals surface area contributed by atoms with Crippen LogP contribution >= 0.6 is 11.3 Å². The molecule has 1 saturated heterocycles. The molecule has 0 aliphatic carbocycles. The van der Waals surface area contributed by atoms with Gasteiger partial charge in [0, 0.05) is 51.1 Å². The average molecular weight is 340 g/mol. The van der Waals surface area contributed by atoms with Crippen molar-refractivity contribution in [3.63, 3.8) is 0 Å². The van der Waals surface area contributed by atoms with Crippen LogP contribution in [0.2, 0.25) is 0 Å². The number of anilines is 1. The van der Waals surface area contributed by atoms with Gasteiger partial charge in [-0.25, -0.2) is 4.98 Å². The highest BCUT2D eigenvalue weighted by molar-refractivity contribution is 7.15. The third kappa shape index (κ3) is 3.50. The highest BCUT2D eigenvalue weighted by Gasteiger charge is 2.43. The normalized spacial score (nSPS) is 25.7. The van der Waals surface area contributed by atoms with Crippen LogP contribution in [0.25, 0.3) is 0 Å². The van der Waals surface area contributed by atoms with Gasteiger partial charge in [-0.3, -0.25) is 9.69 Å². The fourth-order valence-electron chi connectivity index (χ4n) is 3.40. The number of carbonyl (C=O) groups excluding carboxylic acids is 1. The number of rotatable bonds is 5. The van der Waals surface area contributed by atoms with Gasteiger partial charge in [0.15, 0.2) is 10.7 Å². The van der Waals surface area contributed by atoms with Crippen molar-refractivity contribution >= 4 is 22.4 Å². The van der Waals surface area contributed by atoms with Crippen molar-refractivity contribution in [2.45, 2.75) is 31.4 Å². The second kappa shape index (κ2) is 6.72. The average Bonchev–Trinajstić information content (AvgIpc) is 2.88. The Kier molecular flexibility index (Phi) is 4.86. The first-order valence-corrected chi connectivity index (χ1v) is 8.80. The first kappa shape index (κ1) is 16.6. The maximum atomic E-state index is 12.6. The molecule has 2 aliphatic rings. The van der Waals surface area contributed by atoms with Crippen LogP contribution in [0.15, 0.2) is 0 Å². The number of amides is 1. The molecule has 128 valence electrons. The molecule has 8 heteroatoms. The van der Waals surface area contributed by atoms with Crippen LogP contribution in [0, 0.1) is 0 Å². The highest BCUT2D eigenvalue weighted by Crippen LogP contribution is 2.29. The molecule has 0 spiro atoms. The number of hydrogen-bond donors (Lipinski definition) is 2. The summed E-state index contributed by atoms with van der Waals surface area (Å²) in [6, 6.07) is 0. The number of aliphatic hydroxyl groups is 1. The number of thiazole rings is 1. The van der Waals surface area contributed by atoms with Gasteiger partial charge < -0.3 is 20.5 Å². The molecule has 1 aromatic rings. The molecule has 0 bridgehead atoms. The molecule has 7 nitrogen and oxygen atoms in total. The molecule has 2 aliphatic heterocycles. The molecule has 1 amide bonds. The standard InChI is InChI=1S/C15H24N4O3S/c1-22-8-7-19-5-2-4-15(21,13(19)20)10-18-6-3-11-12(9-18)23-14(16)17-11/h21H,2-10H2,1H3,(H2,16,17)/t15-/m0/s1. The van der Waals surface area contributed by atoms with Crippen LogP contribution < -0.4 is 5.73 Å². The maximum Gasteiger partial charge on any atom is 0.255 e. The van der Waals surface area contributed by atoms with Gasteiger partial charge >= 0.3 is 0 Å². The molecule has 23 heavy (non-hydrogen) atoms. The lowest BCUT2D eigenvalue weighted by atomic mass is 9.90. The summed E-state index contributed by atoms with van der Waals surface area (Å²) < 4.78 is 5.05. The van der Waals surface area contributed by atoms with E-state index in [4.69, 9.17) is 10.5 Å². The molecule has 0 unspecified atom stereocenters. The van der Waals surface area contributed by atoms with Crippen molar-refractivity contribution in [3.05, 3.63) is 10.6 Å². The zero-order chi connectivity index (χ0) is 16.4. The van der Waals surface area contributed by atoms with Gasteiger partial charge in [-0.05, 0) is 12.8 Å². The number of nitrogens with two attached hydrogens (primary N) is 1. The minimum Gasteiger partial charge on any atom is -0.383 e. The Balaban J connectivity index is 1.65. The zero-order valence-electron chi connectivity index (χ0n) is 13.5. The second-order valence-corrected chi connectivity index (χ2v) is 7.42. The number of carbonyl (C=O) groups is 1. The Morgan fingerprint density at radius 2 is 2.30 bits per heavy atom. The first-order chi connectivity index (χ1) is 11.0. The SMILES string of the molecule is COCCN1CCC[C@](O)(CN2CCc3nc(N)sc3C2)C1=O. The summed E-state index contributed by atoms with van der Waals surface area (Å²) in [5, 5.41) is 11.5. The van der Waals surface area contributed by atoms with E-state index in [0.29, 0.717) is 44.3 Å². The van der Waals surface area contributed by atoms with Crippen LogP contribution in [0.5, 0.6) is 0 Å². The number of hydrogen-bond acceptors (Lipinski definition) is 7. The summed E-state index contributed by atoms with van der Waals surface area (Å²) in [7, 11) is 1.62. The van der Waals surface area contributed by atoms with E-state index in [9.17, 15) is 9.90 Å². The molecule has 3 heterocycles. The van der Waals surface area contributed by atoms with Gasteiger partial charge in [0.25, 0.3) is 5.91 Å². The van der Waals surface area contributed by atoms with Gasteiger partial charge in [-0.15, -0.1) is 11.3 Å². The number of likely N-dealkylation sites (tertiary alicyclic amines) is 1. The van der Waals surface area contributed by atoms with Crippen molar-refractivity contribution < 1.29 is 14.6 Å². The van der Waals surface area contributed by atoms with Gasteiger partial charge in [0.05, 0.1) is 12.3 Å². The Morgan fingerprint density at radius 1 is 1.48 bits per heavy atom. The zero-order valence-corrected chi connectivity index (χ0v) is 14.3. The molecule has 0 saturated carbocycles. The topological polar surface area (TPSA) is 91.9 Å². The summed E-state index contributed by atoms with van der Waals surface area (Å²) >= 11 is 1.50. The Labute approximate surface area is 140 Å². The summed E-state index contributed by atoms with van der Waals surface area (Å²) in [5.74, 6) is -0.171. The van der Waals surface area contributed by atoms with E-state index in [1.54, 1.807) is 12.0 Å². The molecular formula is C15H24N4O3S. The Morgan fingerprint density at radius 3 is 3.09 bits per heavy atom. The van der Waals surface area contributed by atoms with Crippen molar-refractivity contribution in [2.75, 3.05) is 45.6 Å². The number of nitrogens with zero attached hydrogens (tertiary/aromatic N) is 3. The lowest BCUT2D eigenvalue weighted by molar-refractivity contribution is -0.160. The molecule has 0 radical (unpaired) electrons. The smallest absolute Gasteiger partial charge is 0.255 e. The van der Waals surface area contributed by atoms with Gasteiger partial charge in [-0.1, -0.05) is 0 Å². The van der Waals surface area contributed by atoms with E-state index in [-0.39, 0.29) is 5.91 Å². The van der Waals surface area contributed by atoms with Gasteiger partial charge in [-0.2, -0.15) is 0 Å². The molecular weight excluding hydrogens is 316 g/mol. The van der Waals surface area contributed by atoms with Crippen molar-refractivity contribution in [3.8, 4) is 0 Å². The molecule has 1 atom stereocenters. The summed E-state index contributed by atoms with van der Waals surface area (Å²) in [5.41, 5.74) is 5.54. The number of methoxy groups -OCH3 is 1. The summed E-state index contributed by atoms with van der Waals surface area (Å²) in [4.78, 5) is 22.0. The van der Waals surface area contributed by atoms with E-state index in [1.165, 1.54) is 11.3 Å². The van der Waals surface area contributed by atoms with E-state index in [1.807, 2.05) is 0 Å². The summed E-state index contributed by atoms with van der Waals surface area (Å²) in [6.45, 7) is 3.59.